The van der Waals surface area contributed by atoms with Gasteiger partial charge in [0.15, 0.2) is 0 Å². The van der Waals surface area contributed by atoms with E-state index in [2.05, 4.69) is 32.4 Å². The smallest absolute Gasteiger partial charge is 0.289 e. The molecule has 1 saturated heterocycles. The Kier molecular flexibility index (Phi) is 5.68. The number of benzene rings is 2. The van der Waals surface area contributed by atoms with Crippen molar-refractivity contribution in [3.8, 4) is 0 Å². The van der Waals surface area contributed by atoms with Crippen LogP contribution in [0.3, 0.4) is 0 Å². The lowest BCUT2D eigenvalue weighted by atomic mass is 10.1. The summed E-state index contributed by atoms with van der Waals surface area (Å²) in [5.74, 6) is 1.07. The third kappa shape index (κ3) is 3.93. The molecule has 146 valence electrons. The molecule has 1 fully saturated rings. The highest BCUT2D eigenvalue weighted by molar-refractivity contribution is 7.13. The molecule has 2 heterocycles. The van der Waals surface area contributed by atoms with Crippen LogP contribution in [-0.4, -0.2) is 46.9 Å². The quantitative estimate of drug-likeness (QED) is 0.421. The van der Waals surface area contributed by atoms with E-state index in [4.69, 9.17) is 23.2 Å². The molecule has 0 atom stereocenters. The average molecular weight is 437 g/mol. The van der Waals surface area contributed by atoms with Gasteiger partial charge >= 0.3 is 0 Å². The van der Waals surface area contributed by atoms with Crippen molar-refractivity contribution in [1.29, 1.82) is 0 Å². The van der Waals surface area contributed by atoms with Crippen LogP contribution in [0.2, 0.25) is 10.0 Å². The standard InChI is InChI=1S/C19H18Cl2N4O2S/c20-15-12-17(25(26)27)16(21)11-13(15)5-6-23-7-9-24(10-8-23)19-14-3-1-2-4-18(14)28-22-19/h1-4,11-12H,5-10H2. The van der Waals surface area contributed by atoms with Gasteiger partial charge in [-0.3, -0.25) is 15.0 Å². The third-order valence-electron chi connectivity index (χ3n) is 5.04. The van der Waals surface area contributed by atoms with Gasteiger partial charge in [-0.15, -0.1) is 0 Å². The van der Waals surface area contributed by atoms with Gasteiger partial charge in [0.05, 0.1) is 14.6 Å². The summed E-state index contributed by atoms with van der Waals surface area (Å²) in [7, 11) is 0. The third-order valence-corrected chi connectivity index (χ3v) is 6.51. The predicted molar refractivity (Wildman–Crippen MR) is 115 cm³/mol. The van der Waals surface area contributed by atoms with E-state index in [1.165, 1.54) is 16.2 Å². The van der Waals surface area contributed by atoms with Crippen LogP contribution in [-0.2, 0) is 6.42 Å². The SMILES string of the molecule is O=[N+]([O-])c1cc(Cl)c(CCN2CCN(c3nsc4ccccc34)CC2)cc1Cl. The van der Waals surface area contributed by atoms with Gasteiger partial charge in [0, 0.05) is 44.2 Å². The first-order valence-electron chi connectivity index (χ1n) is 8.97. The number of aromatic nitrogens is 1. The van der Waals surface area contributed by atoms with E-state index in [-0.39, 0.29) is 10.7 Å². The molecule has 0 saturated carbocycles. The van der Waals surface area contributed by atoms with Crippen LogP contribution < -0.4 is 4.90 Å². The Balaban J connectivity index is 1.36. The molecule has 3 aromatic rings. The number of rotatable bonds is 5. The van der Waals surface area contributed by atoms with Crippen LogP contribution in [0.1, 0.15) is 5.56 Å². The number of hydrogen-bond acceptors (Lipinski definition) is 6. The van der Waals surface area contributed by atoms with Crippen LogP contribution in [0.5, 0.6) is 0 Å². The minimum Gasteiger partial charge on any atom is -0.353 e. The van der Waals surface area contributed by atoms with E-state index in [9.17, 15) is 10.1 Å². The monoisotopic (exact) mass is 436 g/mol. The molecule has 9 heteroatoms. The lowest BCUT2D eigenvalue weighted by Gasteiger charge is -2.35. The predicted octanol–water partition coefficient (Wildman–Crippen LogP) is 4.88. The molecule has 0 spiro atoms. The molecule has 2 aromatic carbocycles. The fourth-order valence-electron chi connectivity index (χ4n) is 3.47. The van der Waals surface area contributed by atoms with Crippen molar-refractivity contribution in [2.24, 2.45) is 0 Å². The summed E-state index contributed by atoms with van der Waals surface area (Å²) in [4.78, 5) is 15.1. The molecule has 0 radical (unpaired) electrons. The Morgan fingerprint density at radius 1 is 1.11 bits per heavy atom. The Morgan fingerprint density at radius 2 is 1.86 bits per heavy atom. The van der Waals surface area contributed by atoms with Gasteiger partial charge in [-0.2, -0.15) is 4.37 Å². The number of anilines is 1. The lowest BCUT2D eigenvalue weighted by molar-refractivity contribution is -0.384. The summed E-state index contributed by atoms with van der Waals surface area (Å²) in [6.45, 7) is 4.54. The average Bonchev–Trinajstić information content (AvgIpc) is 3.12. The zero-order valence-corrected chi connectivity index (χ0v) is 17.3. The largest absolute Gasteiger partial charge is 0.353 e. The molecule has 1 aliphatic heterocycles. The van der Waals surface area contributed by atoms with Gasteiger partial charge in [0.25, 0.3) is 5.69 Å². The zero-order valence-electron chi connectivity index (χ0n) is 15.0. The van der Waals surface area contributed by atoms with E-state index in [0.717, 1.165) is 44.1 Å². The highest BCUT2D eigenvalue weighted by atomic mass is 35.5. The summed E-state index contributed by atoms with van der Waals surface area (Å²) in [5, 5.41) is 12.7. The van der Waals surface area contributed by atoms with E-state index in [0.29, 0.717) is 11.4 Å². The highest BCUT2D eigenvalue weighted by Gasteiger charge is 2.21. The van der Waals surface area contributed by atoms with E-state index < -0.39 is 4.92 Å². The number of halogens is 2. The van der Waals surface area contributed by atoms with Crippen LogP contribution in [0.25, 0.3) is 10.1 Å². The fraction of sp³-hybridized carbons (Fsp3) is 0.316. The Labute approximate surface area is 176 Å². The summed E-state index contributed by atoms with van der Waals surface area (Å²) in [5.41, 5.74) is 0.685. The Hall–Kier alpha value is -1.93. The molecule has 6 nitrogen and oxygen atoms in total. The molecule has 0 unspecified atom stereocenters. The second-order valence-electron chi connectivity index (χ2n) is 6.73. The molecule has 0 N–H and O–H groups in total. The van der Waals surface area contributed by atoms with Crippen molar-refractivity contribution in [2.75, 3.05) is 37.6 Å². The van der Waals surface area contributed by atoms with E-state index in [1.54, 1.807) is 17.6 Å². The van der Waals surface area contributed by atoms with Gasteiger partial charge in [-0.1, -0.05) is 35.3 Å². The van der Waals surface area contributed by atoms with Crippen LogP contribution in [0.4, 0.5) is 11.5 Å². The molecule has 1 aliphatic rings. The minimum atomic E-state index is -0.514. The zero-order chi connectivity index (χ0) is 19.7. The molecular formula is C19H18Cl2N4O2S. The number of nitro benzene ring substituents is 1. The normalized spacial score (nSPS) is 15.3. The van der Waals surface area contributed by atoms with Crippen LogP contribution >= 0.6 is 34.7 Å². The van der Waals surface area contributed by atoms with Gasteiger partial charge in [-0.05, 0) is 41.7 Å². The Bertz CT molecular complexity index is 1020. The van der Waals surface area contributed by atoms with Gasteiger partial charge < -0.3 is 4.90 Å². The molecule has 0 amide bonds. The van der Waals surface area contributed by atoms with Crippen molar-refractivity contribution >= 4 is 56.3 Å². The fourth-order valence-corrected chi connectivity index (χ4v) is 4.77. The van der Waals surface area contributed by atoms with Crippen LogP contribution in [0.15, 0.2) is 36.4 Å². The maximum atomic E-state index is 10.9. The maximum absolute atomic E-state index is 10.9. The van der Waals surface area contributed by atoms with E-state index >= 15 is 0 Å². The number of piperazine rings is 1. The first-order chi connectivity index (χ1) is 13.5. The first-order valence-corrected chi connectivity index (χ1v) is 10.5. The van der Waals surface area contributed by atoms with E-state index in [1.807, 2.05) is 6.07 Å². The second kappa shape index (κ2) is 8.21. The number of fused-ring (bicyclic) bond motifs is 1. The first kappa shape index (κ1) is 19.4. The van der Waals surface area contributed by atoms with Crippen molar-refractivity contribution < 1.29 is 4.92 Å². The number of hydrogen-bond donors (Lipinski definition) is 0. The lowest BCUT2D eigenvalue weighted by Crippen LogP contribution is -2.47. The van der Waals surface area contributed by atoms with Gasteiger partial charge in [-0.25, -0.2) is 0 Å². The van der Waals surface area contributed by atoms with Gasteiger partial charge in [0.1, 0.15) is 10.8 Å². The van der Waals surface area contributed by atoms with Crippen molar-refractivity contribution in [3.63, 3.8) is 0 Å². The summed E-state index contributed by atoms with van der Waals surface area (Å²) < 4.78 is 5.86. The minimum absolute atomic E-state index is 0.129. The van der Waals surface area contributed by atoms with Gasteiger partial charge in [0.2, 0.25) is 0 Å². The summed E-state index contributed by atoms with van der Waals surface area (Å²) >= 11 is 13.8. The van der Waals surface area contributed by atoms with Crippen molar-refractivity contribution in [1.82, 2.24) is 9.27 Å². The topological polar surface area (TPSA) is 62.5 Å². The molecule has 0 aliphatic carbocycles. The van der Waals surface area contributed by atoms with Crippen LogP contribution in [0, 0.1) is 10.1 Å². The summed E-state index contributed by atoms with van der Waals surface area (Å²) in [6.07, 6.45) is 0.705. The molecule has 0 bridgehead atoms. The Morgan fingerprint density at radius 3 is 2.61 bits per heavy atom. The highest BCUT2D eigenvalue weighted by Crippen LogP contribution is 2.32. The number of nitro groups is 1. The van der Waals surface area contributed by atoms with Crippen molar-refractivity contribution in [3.05, 3.63) is 62.1 Å². The molecular weight excluding hydrogens is 419 g/mol. The molecule has 4 rings (SSSR count). The number of nitrogens with zero attached hydrogens (tertiary/aromatic N) is 4. The molecule has 1 aromatic heterocycles. The second-order valence-corrected chi connectivity index (χ2v) is 8.35. The maximum Gasteiger partial charge on any atom is 0.289 e. The molecule has 28 heavy (non-hydrogen) atoms. The van der Waals surface area contributed by atoms with Crippen molar-refractivity contribution in [2.45, 2.75) is 6.42 Å². The summed E-state index contributed by atoms with van der Waals surface area (Å²) in [6, 6.07) is 11.3.